The van der Waals surface area contributed by atoms with Gasteiger partial charge in [-0.05, 0) is 156 Å². The first kappa shape index (κ1) is 56.6. The zero-order chi connectivity index (χ0) is 49.6. The molecular weight excluding hydrogens is 1070 g/mol. The summed E-state index contributed by atoms with van der Waals surface area (Å²) in [7, 11) is -2.03. The van der Waals surface area contributed by atoms with Gasteiger partial charge in [-0.15, -0.1) is 0 Å². The monoisotopic (exact) mass is 1130 g/mol. The van der Waals surface area contributed by atoms with Crippen LogP contribution in [-0.4, -0.2) is 43.6 Å². The van der Waals surface area contributed by atoms with Crippen LogP contribution in [0.3, 0.4) is 0 Å². The van der Waals surface area contributed by atoms with Gasteiger partial charge in [-0.3, -0.25) is 9.59 Å². The molecule has 2 saturated heterocycles. The molecule has 71 heavy (non-hydrogen) atoms. The minimum Gasteiger partial charge on any atom is -1.00 e. The predicted octanol–water partition coefficient (Wildman–Crippen LogP) is 10.3. The quantitative estimate of drug-likeness (QED) is 0.0491. The van der Waals surface area contributed by atoms with Crippen LogP contribution < -0.4 is 33.8 Å². The number of aliphatic hydroxyl groups is 1. The fraction of sp³-hybridized carbons (Fsp3) is 0.263. The molecule has 0 unspecified atom stereocenters. The molecule has 7 nitrogen and oxygen atoms in total. The molecule has 2 aliphatic heterocycles. The number of hydrogen-bond donors (Lipinski definition) is 2. The van der Waals surface area contributed by atoms with Crippen LogP contribution in [0, 0.1) is 42.0 Å². The first-order valence-corrected chi connectivity index (χ1v) is 25.9. The second-order valence-electron chi connectivity index (χ2n) is 19.1. The SMILES string of the molecule is Cc1ccc([C@@H]2[C@@H](C/C=C(/CO[Si](C)(C)C(C)(C)C)c3ccc(F)cc3)C(=O)N2c2ccc(F)cc2)cc1.O=C1[C@H](C/C=C(/CO)c2ccc(F)cc2)[C@@H](c2ccc(O)cc2)N1c1ccc(F)cc1.[I-].[V]. The van der Waals surface area contributed by atoms with Crippen molar-refractivity contribution in [2.75, 3.05) is 23.0 Å². The second-order valence-corrected chi connectivity index (χ2v) is 23.9. The normalized spacial score (nSPS) is 18.1. The van der Waals surface area contributed by atoms with E-state index in [1.165, 1.54) is 48.5 Å². The van der Waals surface area contributed by atoms with Gasteiger partial charge in [0, 0.05) is 29.9 Å². The van der Waals surface area contributed by atoms with E-state index >= 15 is 0 Å². The third-order valence-electron chi connectivity index (χ3n) is 13.5. The maximum Gasteiger partial charge on any atom is 0.233 e. The van der Waals surface area contributed by atoms with Crippen molar-refractivity contribution in [1.82, 2.24) is 0 Å². The molecule has 6 aromatic rings. The molecule has 0 spiro atoms. The van der Waals surface area contributed by atoms with Gasteiger partial charge in [0.15, 0.2) is 8.32 Å². The minimum atomic E-state index is -2.03. The fourth-order valence-corrected chi connectivity index (χ4v) is 9.36. The topological polar surface area (TPSA) is 90.3 Å². The van der Waals surface area contributed by atoms with Crippen LogP contribution in [0.15, 0.2) is 158 Å². The number of hydrogen-bond acceptors (Lipinski definition) is 5. The molecule has 14 heteroatoms. The van der Waals surface area contributed by atoms with Crippen molar-refractivity contribution in [2.24, 2.45) is 11.8 Å². The average molecular weight is 1130 g/mol. The Morgan fingerprint density at radius 3 is 1.32 bits per heavy atom. The molecule has 2 N–H and O–H groups in total. The summed E-state index contributed by atoms with van der Waals surface area (Å²) in [6.45, 7) is 13.2. The van der Waals surface area contributed by atoms with E-state index in [4.69, 9.17) is 4.43 Å². The van der Waals surface area contributed by atoms with Crippen LogP contribution in [0.4, 0.5) is 28.9 Å². The standard InChI is InChI=1S/C32H37F2NO2Si.C25H21F2NO3.HI.V/c1-22-7-9-24(10-8-22)30-29(31(36)35(30)28-18-16-27(34)17-19-28)20-13-25(23-11-14-26(33)15-12-23)21-37-38(5,6)32(2,3)4;26-19-6-1-16(2-7-19)18(15-29)5-14-23-24(17-3-12-22(30)13-4-17)28(25(23)31)21-10-8-20(27)9-11-21;;/h7-19,29-30H,20-21H2,1-6H3;1-13,23-24,29-30H,14-15H2;1H;/p-1/b25-13-;18-5-;;/t29-,30-;23-,24-;;/m11../s1. The summed E-state index contributed by atoms with van der Waals surface area (Å²) in [5.74, 6) is -2.03. The molecule has 371 valence electrons. The zero-order valence-electron chi connectivity index (χ0n) is 40.5. The number of allylic oxidation sites excluding steroid dienone is 2. The van der Waals surface area contributed by atoms with Gasteiger partial charge in [-0.2, -0.15) is 0 Å². The van der Waals surface area contributed by atoms with Crippen molar-refractivity contribution in [2.45, 2.75) is 70.8 Å². The second kappa shape index (κ2) is 24.4. The molecule has 0 aromatic heterocycles. The van der Waals surface area contributed by atoms with E-state index < -0.39 is 14.2 Å². The van der Waals surface area contributed by atoms with Gasteiger partial charge in [-0.1, -0.05) is 99.2 Å². The van der Waals surface area contributed by atoms with E-state index in [1.807, 2.05) is 19.1 Å². The number of benzene rings is 6. The maximum atomic E-state index is 13.7. The third kappa shape index (κ3) is 13.4. The Morgan fingerprint density at radius 1 is 0.592 bits per heavy atom. The Hall–Kier alpha value is -5.29. The van der Waals surface area contributed by atoms with E-state index in [-0.39, 0.29) is 113 Å². The van der Waals surface area contributed by atoms with Gasteiger partial charge in [0.2, 0.25) is 11.8 Å². The Labute approximate surface area is 444 Å². The predicted molar refractivity (Wildman–Crippen MR) is 268 cm³/mol. The summed E-state index contributed by atoms with van der Waals surface area (Å²) in [6.07, 6.45) is 4.76. The maximum absolute atomic E-state index is 13.7. The number of β-lactam (4-membered cyclic amide) rings is 2. The number of phenolic OH excluding ortho intramolecular Hbond substituents is 1. The zero-order valence-corrected chi connectivity index (χ0v) is 45.1. The van der Waals surface area contributed by atoms with E-state index in [9.17, 15) is 37.4 Å². The number of aromatic hydroxyl groups is 1. The Balaban J connectivity index is 0.000000262. The van der Waals surface area contributed by atoms with Crippen molar-refractivity contribution < 1.29 is 84.3 Å². The van der Waals surface area contributed by atoms with Crippen molar-refractivity contribution in [3.63, 3.8) is 0 Å². The Kier molecular flexibility index (Phi) is 19.5. The number of nitrogens with zero attached hydrogens (tertiary/aromatic N) is 2. The third-order valence-corrected chi connectivity index (χ3v) is 18.0. The number of phenols is 1. The van der Waals surface area contributed by atoms with E-state index in [0.29, 0.717) is 42.0 Å². The van der Waals surface area contributed by atoms with Crippen LogP contribution in [-0.2, 0) is 32.6 Å². The number of halogens is 5. The summed E-state index contributed by atoms with van der Waals surface area (Å²) >= 11 is 0. The van der Waals surface area contributed by atoms with Crippen LogP contribution in [0.1, 0.15) is 73.5 Å². The molecule has 1 radical (unpaired) electrons. The summed E-state index contributed by atoms with van der Waals surface area (Å²) in [5.41, 5.74) is 7.43. The van der Waals surface area contributed by atoms with Crippen molar-refractivity contribution in [3.8, 4) is 5.75 Å². The number of rotatable bonds is 14. The summed E-state index contributed by atoms with van der Waals surface area (Å²) in [4.78, 5) is 29.9. The van der Waals surface area contributed by atoms with Gasteiger partial charge in [0.25, 0.3) is 0 Å². The molecule has 2 amide bonds. The minimum absolute atomic E-state index is 0. The molecule has 0 bridgehead atoms. The average Bonchev–Trinajstić information content (AvgIpc) is 3.32. The molecule has 2 heterocycles. The summed E-state index contributed by atoms with van der Waals surface area (Å²) < 4.78 is 60.4. The molecule has 2 fully saturated rings. The van der Waals surface area contributed by atoms with Gasteiger partial charge < -0.3 is 48.4 Å². The molecule has 2 aliphatic rings. The number of aryl methyl sites for hydroxylation is 1. The van der Waals surface area contributed by atoms with Crippen LogP contribution in [0.2, 0.25) is 18.1 Å². The fourth-order valence-electron chi connectivity index (χ4n) is 8.41. The number of amides is 2. The molecule has 6 aromatic carbocycles. The summed E-state index contributed by atoms with van der Waals surface area (Å²) in [5, 5.41) is 19.4. The van der Waals surface area contributed by atoms with E-state index in [1.54, 1.807) is 88.7 Å². The number of carbonyl (C=O) groups is 2. The van der Waals surface area contributed by atoms with Gasteiger partial charge in [0.1, 0.15) is 29.0 Å². The summed E-state index contributed by atoms with van der Waals surface area (Å²) in [6, 6.07) is 38.4. The van der Waals surface area contributed by atoms with Crippen LogP contribution >= 0.6 is 0 Å². The van der Waals surface area contributed by atoms with Gasteiger partial charge in [-0.25, -0.2) is 17.6 Å². The molecular formula is C57H58F4IN2O5SiV-. The molecule has 8 rings (SSSR count). The van der Waals surface area contributed by atoms with Crippen molar-refractivity contribution in [3.05, 3.63) is 209 Å². The number of aliphatic hydroxyl groups excluding tert-OH is 1. The van der Waals surface area contributed by atoms with Crippen LogP contribution in [0.5, 0.6) is 5.75 Å². The van der Waals surface area contributed by atoms with Crippen molar-refractivity contribution in [1.29, 1.82) is 0 Å². The first-order valence-electron chi connectivity index (χ1n) is 23.0. The molecule has 0 aliphatic carbocycles. The van der Waals surface area contributed by atoms with E-state index in [0.717, 1.165) is 27.8 Å². The first-order chi connectivity index (χ1) is 32.8. The molecule has 4 atom stereocenters. The number of carbonyl (C=O) groups excluding carboxylic acids is 2. The Morgan fingerprint density at radius 2 is 0.944 bits per heavy atom. The van der Waals surface area contributed by atoms with Gasteiger partial charge in [0.05, 0.1) is 37.1 Å². The van der Waals surface area contributed by atoms with Gasteiger partial charge >= 0.3 is 0 Å². The largest absolute Gasteiger partial charge is 1.00 e. The van der Waals surface area contributed by atoms with Crippen LogP contribution in [0.25, 0.3) is 11.1 Å². The molecule has 0 saturated carbocycles. The van der Waals surface area contributed by atoms with E-state index in [2.05, 4.69) is 52.1 Å². The smallest absolute Gasteiger partial charge is 0.233 e. The Bertz CT molecular complexity index is 2790. The van der Waals surface area contributed by atoms with Crippen molar-refractivity contribution >= 4 is 42.7 Å². The number of anilines is 2.